The summed E-state index contributed by atoms with van der Waals surface area (Å²) in [6.07, 6.45) is 5.95. The summed E-state index contributed by atoms with van der Waals surface area (Å²) in [5, 5.41) is 3.40. The number of hydrogen-bond donors (Lipinski definition) is 1. The first-order valence-electron chi connectivity index (χ1n) is 9.98. The molecule has 1 aromatic heterocycles. The maximum Gasteiger partial charge on any atom is 0.230 e. The number of fused-ring (bicyclic) bond motifs is 2. The van der Waals surface area contributed by atoms with Crippen molar-refractivity contribution in [3.05, 3.63) is 46.6 Å². The van der Waals surface area contributed by atoms with Crippen LogP contribution < -0.4 is 10.2 Å². The molecule has 2 heterocycles. The van der Waals surface area contributed by atoms with Crippen LogP contribution in [0.1, 0.15) is 45.1 Å². The lowest BCUT2D eigenvalue weighted by atomic mass is 9.86. The van der Waals surface area contributed by atoms with Crippen molar-refractivity contribution >= 4 is 39.0 Å². The molecule has 2 aliphatic rings. The summed E-state index contributed by atoms with van der Waals surface area (Å²) in [7, 11) is 0. The normalized spacial score (nSPS) is 21.5. The van der Waals surface area contributed by atoms with E-state index in [1.807, 2.05) is 35.2 Å². The van der Waals surface area contributed by atoms with Crippen molar-refractivity contribution in [3.8, 4) is 0 Å². The molecule has 5 nitrogen and oxygen atoms in total. The van der Waals surface area contributed by atoms with Gasteiger partial charge in [-0.15, -0.1) is 0 Å². The van der Waals surface area contributed by atoms with E-state index < -0.39 is 0 Å². The fraction of sp³-hybridized carbons (Fsp3) is 0.455. The summed E-state index contributed by atoms with van der Waals surface area (Å²) in [5.41, 5.74) is 2.84. The molecule has 1 aliphatic carbocycles. The Bertz CT molecular complexity index is 863. The van der Waals surface area contributed by atoms with Crippen LogP contribution in [0.3, 0.4) is 0 Å². The molecule has 28 heavy (non-hydrogen) atoms. The number of anilines is 3. The highest BCUT2D eigenvalue weighted by atomic mass is 79.9. The minimum absolute atomic E-state index is 0.0389. The molecule has 6 heteroatoms. The minimum Gasteiger partial charge on any atom is -0.376 e. The number of rotatable bonds is 3. The number of nitrogens with zero attached hydrogens (tertiary/aromatic N) is 2. The lowest BCUT2D eigenvalue weighted by Crippen LogP contribution is -2.38. The van der Waals surface area contributed by atoms with E-state index in [4.69, 9.17) is 4.74 Å². The van der Waals surface area contributed by atoms with Gasteiger partial charge in [0.25, 0.3) is 0 Å². The van der Waals surface area contributed by atoms with E-state index >= 15 is 0 Å². The molecule has 2 aromatic rings. The molecule has 0 atom stereocenters. The molecule has 1 fully saturated rings. The second kappa shape index (κ2) is 8.21. The zero-order valence-corrected chi connectivity index (χ0v) is 17.9. The fourth-order valence-corrected chi connectivity index (χ4v) is 4.49. The summed E-state index contributed by atoms with van der Waals surface area (Å²) in [5.74, 6) is 1.05. The van der Waals surface area contributed by atoms with Crippen LogP contribution >= 0.6 is 15.9 Å². The van der Waals surface area contributed by atoms with E-state index in [0.717, 1.165) is 52.9 Å². The fourth-order valence-electron chi connectivity index (χ4n) is 4.14. The third-order valence-corrected chi connectivity index (χ3v) is 5.97. The average Bonchev–Trinajstić information content (AvgIpc) is 2.84. The van der Waals surface area contributed by atoms with E-state index in [0.29, 0.717) is 6.54 Å². The van der Waals surface area contributed by atoms with Crippen LogP contribution in [0.25, 0.3) is 0 Å². The van der Waals surface area contributed by atoms with Crippen molar-refractivity contribution in [1.82, 2.24) is 4.98 Å². The zero-order chi connectivity index (χ0) is 19.7. The van der Waals surface area contributed by atoms with E-state index in [2.05, 4.69) is 40.1 Å². The van der Waals surface area contributed by atoms with Gasteiger partial charge in [0.05, 0.1) is 30.1 Å². The Morgan fingerprint density at radius 3 is 2.79 bits per heavy atom. The second-order valence-corrected chi connectivity index (χ2v) is 8.80. The molecule has 0 spiro atoms. The minimum atomic E-state index is 0.0389. The van der Waals surface area contributed by atoms with E-state index in [-0.39, 0.29) is 24.0 Å². The largest absolute Gasteiger partial charge is 0.376 e. The second-order valence-electron chi connectivity index (χ2n) is 7.88. The van der Waals surface area contributed by atoms with Crippen LogP contribution in [0.15, 0.2) is 41.0 Å². The Hall–Kier alpha value is -1.92. The van der Waals surface area contributed by atoms with Gasteiger partial charge in [-0.05, 0) is 63.8 Å². The Morgan fingerprint density at radius 1 is 1.25 bits per heavy atom. The van der Waals surface area contributed by atoms with Gasteiger partial charge >= 0.3 is 0 Å². The van der Waals surface area contributed by atoms with Crippen molar-refractivity contribution in [1.29, 1.82) is 0 Å². The van der Waals surface area contributed by atoms with Crippen LogP contribution in [0.2, 0.25) is 0 Å². The van der Waals surface area contributed by atoms with Crippen LogP contribution in [-0.4, -0.2) is 23.1 Å². The van der Waals surface area contributed by atoms with Gasteiger partial charge in [-0.2, -0.15) is 0 Å². The molecule has 1 saturated carbocycles. The molecular formula is C22H26BrN3O2. The van der Waals surface area contributed by atoms with Gasteiger partial charge in [-0.3, -0.25) is 4.79 Å². The van der Waals surface area contributed by atoms with Crippen LogP contribution in [0.4, 0.5) is 17.2 Å². The number of amides is 1. The van der Waals surface area contributed by atoms with Crippen LogP contribution in [0, 0.1) is 5.92 Å². The standard InChI is InChI=1S/C22H26BrN3O2/c1-14(2)28-18-8-5-15(6-9-18)22(27)26-13-16-4-3-11-24-21(16)25-19-10-7-17(23)12-20(19)26/h3-4,7,10-12,14-15,18H,5-6,8-9,13H2,1-2H3,(H,24,25)/t15-,18-. The summed E-state index contributed by atoms with van der Waals surface area (Å²) in [4.78, 5) is 19.9. The Kier molecular flexibility index (Phi) is 5.69. The topological polar surface area (TPSA) is 54.5 Å². The third-order valence-electron chi connectivity index (χ3n) is 5.48. The number of carbonyl (C=O) groups excluding carboxylic acids is 1. The van der Waals surface area contributed by atoms with Gasteiger partial charge in [-0.25, -0.2) is 4.98 Å². The van der Waals surface area contributed by atoms with Crippen molar-refractivity contribution < 1.29 is 9.53 Å². The van der Waals surface area contributed by atoms with Crippen molar-refractivity contribution in [2.75, 3.05) is 10.2 Å². The maximum atomic E-state index is 13.5. The quantitative estimate of drug-likeness (QED) is 0.687. The number of halogens is 1. The highest BCUT2D eigenvalue weighted by Crippen LogP contribution is 2.39. The summed E-state index contributed by atoms with van der Waals surface area (Å²) >= 11 is 3.56. The molecule has 1 aromatic carbocycles. The highest BCUT2D eigenvalue weighted by molar-refractivity contribution is 9.10. The molecular weight excluding hydrogens is 418 g/mol. The predicted molar refractivity (Wildman–Crippen MR) is 115 cm³/mol. The smallest absolute Gasteiger partial charge is 0.230 e. The first-order chi connectivity index (χ1) is 13.5. The third kappa shape index (κ3) is 4.08. The lowest BCUT2D eigenvalue weighted by Gasteiger charge is -2.33. The monoisotopic (exact) mass is 443 g/mol. The van der Waals surface area contributed by atoms with Gasteiger partial charge in [0, 0.05) is 22.2 Å². The maximum absolute atomic E-state index is 13.5. The summed E-state index contributed by atoms with van der Waals surface area (Å²) in [6.45, 7) is 4.67. The number of hydrogen-bond acceptors (Lipinski definition) is 4. The van der Waals surface area contributed by atoms with Crippen LogP contribution in [0.5, 0.6) is 0 Å². The zero-order valence-electron chi connectivity index (χ0n) is 16.3. The molecule has 4 rings (SSSR count). The first-order valence-corrected chi connectivity index (χ1v) is 10.8. The Balaban J connectivity index is 1.59. The molecule has 0 saturated heterocycles. The van der Waals surface area contributed by atoms with Crippen molar-refractivity contribution in [2.24, 2.45) is 5.92 Å². The van der Waals surface area contributed by atoms with Gasteiger partial charge < -0.3 is 15.0 Å². The van der Waals surface area contributed by atoms with Gasteiger partial charge in [-0.1, -0.05) is 22.0 Å². The molecule has 1 amide bonds. The van der Waals surface area contributed by atoms with E-state index in [1.54, 1.807) is 6.20 Å². The van der Waals surface area contributed by atoms with Crippen LogP contribution in [-0.2, 0) is 16.1 Å². The highest BCUT2D eigenvalue weighted by Gasteiger charge is 2.33. The SMILES string of the molecule is CC(C)O[C@H]1CC[C@H](C(=O)N2Cc3cccnc3Nc3ccc(Br)cc32)CC1. The van der Waals surface area contributed by atoms with Gasteiger partial charge in [0.2, 0.25) is 5.91 Å². The number of aromatic nitrogens is 1. The number of nitrogens with one attached hydrogen (secondary N) is 1. The lowest BCUT2D eigenvalue weighted by molar-refractivity contribution is -0.124. The summed E-state index contributed by atoms with van der Waals surface area (Å²) < 4.78 is 6.91. The van der Waals surface area contributed by atoms with Crippen molar-refractivity contribution in [2.45, 2.75) is 58.3 Å². The number of pyridine rings is 1. The Morgan fingerprint density at radius 2 is 2.04 bits per heavy atom. The van der Waals surface area contributed by atoms with E-state index in [1.165, 1.54) is 0 Å². The predicted octanol–water partition coefficient (Wildman–Crippen LogP) is 5.42. The summed E-state index contributed by atoms with van der Waals surface area (Å²) in [6, 6.07) is 9.95. The molecule has 1 N–H and O–H groups in total. The molecule has 1 aliphatic heterocycles. The molecule has 0 bridgehead atoms. The van der Waals surface area contributed by atoms with Gasteiger partial charge in [0.15, 0.2) is 0 Å². The number of ether oxygens (including phenoxy) is 1. The van der Waals surface area contributed by atoms with Gasteiger partial charge in [0.1, 0.15) is 5.82 Å². The average molecular weight is 444 g/mol. The van der Waals surface area contributed by atoms with E-state index in [9.17, 15) is 4.79 Å². The van der Waals surface area contributed by atoms with Crippen molar-refractivity contribution in [3.63, 3.8) is 0 Å². The molecule has 0 unspecified atom stereocenters. The first kappa shape index (κ1) is 19.4. The Labute approximate surface area is 174 Å². The molecule has 0 radical (unpaired) electrons. The number of benzene rings is 1. The molecule has 148 valence electrons. The number of carbonyl (C=O) groups is 1.